The number of carboxylic acids is 1. The van der Waals surface area contributed by atoms with E-state index in [2.05, 4.69) is 10.6 Å². The number of nitrogens with one attached hydrogen (secondary N) is 2. The second-order valence-electron chi connectivity index (χ2n) is 4.52. The second-order valence-corrected chi connectivity index (χ2v) is 4.52. The number of carbonyl (C=O) groups excluding carboxylic acids is 1. The molecule has 0 bridgehead atoms. The Bertz CT molecular complexity index is 431. The lowest BCUT2D eigenvalue weighted by atomic mass is 9.96. The lowest BCUT2D eigenvalue weighted by Gasteiger charge is -2.18. The van der Waals surface area contributed by atoms with Crippen LogP contribution in [-0.2, 0) is 4.79 Å². The number of benzene rings is 1. The number of urea groups is 1. The monoisotopic (exact) mass is 248 g/mol. The van der Waals surface area contributed by atoms with Crippen molar-refractivity contribution in [2.24, 2.45) is 5.92 Å². The van der Waals surface area contributed by atoms with Crippen molar-refractivity contribution in [2.45, 2.75) is 19.9 Å². The first kappa shape index (κ1) is 14.1. The minimum atomic E-state index is -1.04. The smallest absolute Gasteiger partial charge is 0.326 e. The molecule has 2 amide bonds. The molecule has 0 aromatic heterocycles. The topological polar surface area (TPSA) is 78.4 Å². The van der Waals surface area contributed by atoms with E-state index in [0.717, 1.165) is 5.46 Å². The highest BCUT2D eigenvalue weighted by Crippen LogP contribution is 2.05. The van der Waals surface area contributed by atoms with E-state index >= 15 is 0 Å². The van der Waals surface area contributed by atoms with Crippen molar-refractivity contribution in [3.05, 3.63) is 24.3 Å². The van der Waals surface area contributed by atoms with Gasteiger partial charge in [-0.2, -0.15) is 0 Å². The highest BCUT2D eigenvalue weighted by atomic mass is 16.4. The van der Waals surface area contributed by atoms with Gasteiger partial charge in [-0.05, 0) is 18.1 Å². The minimum Gasteiger partial charge on any atom is -0.480 e. The Balaban J connectivity index is 2.60. The Morgan fingerprint density at radius 1 is 1.22 bits per heavy atom. The summed E-state index contributed by atoms with van der Waals surface area (Å²) in [5.41, 5.74) is 1.72. The number of anilines is 1. The maximum absolute atomic E-state index is 11.6. The van der Waals surface area contributed by atoms with Gasteiger partial charge in [-0.1, -0.05) is 31.4 Å². The molecule has 0 aliphatic heterocycles. The van der Waals surface area contributed by atoms with E-state index in [4.69, 9.17) is 5.11 Å². The van der Waals surface area contributed by atoms with Crippen LogP contribution in [-0.4, -0.2) is 31.0 Å². The largest absolute Gasteiger partial charge is 0.480 e. The molecule has 1 atom stereocenters. The van der Waals surface area contributed by atoms with Gasteiger partial charge in [0, 0.05) is 5.69 Å². The van der Waals surface area contributed by atoms with Crippen molar-refractivity contribution in [1.82, 2.24) is 5.32 Å². The maximum atomic E-state index is 11.6. The van der Waals surface area contributed by atoms with Gasteiger partial charge in [0.05, 0.1) is 0 Å². The van der Waals surface area contributed by atoms with Crippen LogP contribution in [0.25, 0.3) is 0 Å². The van der Waals surface area contributed by atoms with Crippen molar-refractivity contribution in [3.8, 4) is 0 Å². The number of rotatable bonds is 4. The highest BCUT2D eigenvalue weighted by molar-refractivity contribution is 6.32. The van der Waals surface area contributed by atoms with Crippen LogP contribution in [0.4, 0.5) is 10.5 Å². The van der Waals surface area contributed by atoms with Gasteiger partial charge in [0.1, 0.15) is 13.9 Å². The summed E-state index contributed by atoms with van der Waals surface area (Å²) in [4.78, 5) is 22.6. The summed E-state index contributed by atoms with van der Waals surface area (Å²) in [5.74, 6) is -1.21. The van der Waals surface area contributed by atoms with Crippen LogP contribution < -0.4 is 16.1 Å². The first-order valence-electron chi connectivity index (χ1n) is 5.77. The fourth-order valence-corrected chi connectivity index (χ4v) is 1.46. The van der Waals surface area contributed by atoms with Crippen LogP contribution in [0.3, 0.4) is 0 Å². The molecule has 6 heteroatoms. The standard InChI is InChI=1S/C12H17BN2O3/c1-7(2)10(11(16)17)15-12(18)14-9-5-3-8(13)4-6-9/h3-7,10H,13H2,1-2H3,(H,16,17)(H2,14,15,18)/t10-/m0/s1. The zero-order chi connectivity index (χ0) is 13.7. The zero-order valence-corrected chi connectivity index (χ0v) is 10.7. The van der Waals surface area contributed by atoms with Crippen LogP contribution in [0.1, 0.15) is 13.8 Å². The molecule has 0 heterocycles. The average molecular weight is 248 g/mol. The zero-order valence-electron chi connectivity index (χ0n) is 10.7. The number of hydrogen-bond acceptors (Lipinski definition) is 2. The Hall–Kier alpha value is -1.98. The third-order valence-corrected chi connectivity index (χ3v) is 2.53. The lowest BCUT2D eigenvalue weighted by molar-refractivity contribution is -0.140. The van der Waals surface area contributed by atoms with E-state index in [1.807, 2.05) is 20.0 Å². The summed E-state index contributed by atoms with van der Waals surface area (Å²) in [7, 11) is 1.95. The molecule has 0 aliphatic carbocycles. The predicted octanol–water partition coefficient (Wildman–Crippen LogP) is 0.176. The van der Waals surface area contributed by atoms with Crippen LogP contribution in [0.15, 0.2) is 24.3 Å². The van der Waals surface area contributed by atoms with Gasteiger partial charge < -0.3 is 15.7 Å². The second kappa shape index (κ2) is 6.09. The number of aliphatic carboxylic acids is 1. The van der Waals surface area contributed by atoms with E-state index in [9.17, 15) is 9.59 Å². The van der Waals surface area contributed by atoms with Crippen LogP contribution >= 0.6 is 0 Å². The van der Waals surface area contributed by atoms with E-state index in [0.29, 0.717) is 5.69 Å². The van der Waals surface area contributed by atoms with E-state index in [1.165, 1.54) is 0 Å². The normalized spacial score (nSPS) is 11.9. The molecule has 0 unspecified atom stereocenters. The van der Waals surface area contributed by atoms with Gasteiger partial charge in [-0.25, -0.2) is 9.59 Å². The van der Waals surface area contributed by atoms with Crippen LogP contribution in [0.5, 0.6) is 0 Å². The van der Waals surface area contributed by atoms with Crippen molar-refractivity contribution in [1.29, 1.82) is 0 Å². The first-order chi connectivity index (χ1) is 8.40. The summed E-state index contributed by atoms with van der Waals surface area (Å²) in [6, 6.07) is 5.86. The van der Waals surface area contributed by atoms with E-state index < -0.39 is 18.0 Å². The molecule has 5 nitrogen and oxygen atoms in total. The summed E-state index contributed by atoms with van der Waals surface area (Å²) >= 11 is 0. The Morgan fingerprint density at radius 3 is 2.22 bits per heavy atom. The molecule has 1 aromatic carbocycles. The highest BCUT2D eigenvalue weighted by Gasteiger charge is 2.23. The number of hydrogen-bond donors (Lipinski definition) is 3. The number of carboxylic acid groups (broad SMARTS) is 1. The molecular weight excluding hydrogens is 231 g/mol. The first-order valence-corrected chi connectivity index (χ1v) is 5.77. The lowest BCUT2D eigenvalue weighted by Crippen LogP contribution is -2.46. The number of amides is 2. The van der Waals surface area contributed by atoms with Gasteiger partial charge >= 0.3 is 12.0 Å². The van der Waals surface area contributed by atoms with Crippen molar-refractivity contribution >= 4 is 31.0 Å². The Kier molecular flexibility index (Phi) is 4.77. The summed E-state index contributed by atoms with van der Waals surface area (Å²) < 4.78 is 0. The molecule has 0 spiro atoms. The fraction of sp³-hybridized carbons (Fsp3) is 0.333. The minimum absolute atomic E-state index is 0.175. The molecule has 0 aliphatic rings. The third kappa shape index (κ3) is 4.12. The molecule has 96 valence electrons. The SMILES string of the molecule is Bc1ccc(NC(=O)N[C@H](C(=O)O)C(C)C)cc1. The van der Waals surface area contributed by atoms with Crippen LogP contribution in [0, 0.1) is 5.92 Å². The average Bonchev–Trinajstić information content (AvgIpc) is 2.28. The van der Waals surface area contributed by atoms with Gasteiger partial charge in [0.25, 0.3) is 0 Å². The van der Waals surface area contributed by atoms with Crippen molar-refractivity contribution in [3.63, 3.8) is 0 Å². The van der Waals surface area contributed by atoms with E-state index in [1.54, 1.807) is 26.0 Å². The molecule has 1 rings (SSSR count). The van der Waals surface area contributed by atoms with Crippen molar-refractivity contribution in [2.75, 3.05) is 5.32 Å². The molecule has 1 aromatic rings. The molecule has 3 N–H and O–H groups in total. The Morgan fingerprint density at radius 2 is 1.78 bits per heavy atom. The van der Waals surface area contributed by atoms with E-state index in [-0.39, 0.29) is 5.92 Å². The van der Waals surface area contributed by atoms with Crippen LogP contribution in [0.2, 0.25) is 0 Å². The van der Waals surface area contributed by atoms with Gasteiger partial charge in [-0.15, -0.1) is 0 Å². The predicted molar refractivity (Wildman–Crippen MR) is 73.0 cm³/mol. The summed E-state index contributed by atoms with van der Waals surface area (Å²) in [6.45, 7) is 3.48. The Labute approximate surface area is 107 Å². The number of carbonyl (C=O) groups is 2. The van der Waals surface area contributed by atoms with Gasteiger partial charge in [0.15, 0.2) is 0 Å². The van der Waals surface area contributed by atoms with Crippen molar-refractivity contribution < 1.29 is 14.7 Å². The quantitative estimate of drug-likeness (QED) is 0.665. The summed E-state index contributed by atoms with van der Waals surface area (Å²) in [5, 5.41) is 14.0. The fourth-order valence-electron chi connectivity index (χ4n) is 1.46. The maximum Gasteiger partial charge on any atom is 0.326 e. The van der Waals surface area contributed by atoms with Gasteiger partial charge in [0.2, 0.25) is 0 Å². The molecule has 0 saturated carbocycles. The third-order valence-electron chi connectivity index (χ3n) is 2.53. The molecule has 0 saturated heterocycles. The molecular formula is C12H17BN2O3. The summed E-state index contributed by atoms with van der Waals surface area (Å²) in [6.07, 6.45) is 0. The van der Waals surface area contributed by atoms with Gasteiger partial charge in [-0.3, -0.25) is 0 Å². The molecule has 18 heavy (non-hydrogen) atoms. The molecule has 0 fully saturated rings. The molecule has 0 radical (unpaired) electrons.